The highest BCUT2D eigenvalue weighted by Gasteiger charge is 2.18. The number of imidazole rings is 1. The summed E-state index contributed by atoms with van der Waals surface area (Å²) in [6, 6.07) is 3.25. The second-order valence-corrected chi connectivity index (χ2v) is 6.17. The molecular weight excluding hydrogens is 342 g/mol. The quantitative estimate of drug-likeness (QED) is 0.576. The molecule has 0 radical (unpaired) electrons. The molecular formula is C13H10ClN5O3S. The van der Waals surface area contributed by atoms with E-state index >= 15 is 0 Å². The lowest BCUT2D eigenvalue weighted by Gasteiger charge is -2.05. The molecule has 3 rings (SSSR count). The van der Waals surface area contributed by atoms with Crippen molar-refractivity contribution in [1.82, 2.24) is 14.5 Å². The minimum Gasteiger partial charge on any atom is -0.331 e. The number of carbonyl (C=O) groups excluding carboxylic acids is 1. The van der Waals surface area contributed by atoms with Crippen LogP contribution in [0.15, 0.2) is 18.3 Å². The maximum Gasteiger partial charge on any atom is 0.345 e. The highest BCUT2D eigenvalue weighted by atomic mass is 35.5. The second kappa shape index (κ2) is 5.60. The number of thiazole rings is 1. The minimum atomic E-state index is -0.565. The van der Waals surface area contributed by atoms with E-state index in [0.717, 1.165) is 28.9 Å². The summed E-state index contributed by atoms with van der Waals surface area (Å²) in [4.78, 5) is 30.6. The number of aryl methyl sites for hydroxylation is 2. The van der Waals surface area contributed by atoms with Crippen molar-refractivity contribution < 1.29 is 9.72 Å². The van der Waals surface area contributed by atoms with Crippen LogP contribution in [0.5, 0.6) is 0 Å². The molecule has 0 spiro atoms. The predicted molar refractivity (Wildman–Crippen MR) is 87.2 cm³/mol. The number of rotatable bonds is 3. The molecule has 2 aromatic heterocycles. The SMILES string of the molecule is Cc1nc2cc(Cl)c(C(=O)Nc3ncc([N+](=O)[O-])s3)cc2n1C. The fourth-order valence-electron chi connectivity index (χ4n) is 2.08. The molecule has 23 heavy (non-hydrogen) atoms. The van der Waals surface area contributed by atoms with Gasteiger partial charge in [-0.25, -0.2) is 9.97 Å². The lowest BCUT2D eigenvalue weighted by molar-refractivity contribution is -0.380. The molecule has 3 aromatic rings. The first kappa shape index (κ1) is 15.4. The topological polar surface area (TPSA) is 103 Å². The van der Waals surface area contributed by atoms with Gasteiger partial charge in [-0.05, 0) is 30.4 Å². The van der Waals surface area contributed by atoms with Gasteiger partial charge in [0, 0.05) is 7.05 Å². The van der Waals surface area contributed by atoms with E-state index in [2.05, 4.69) is 15.3 Å². The Hall–Kier alpha value is -2.52. The van der Waals surface area contributed by atoms with E-state index in [1.54, 1.807) is 12.1 Å². The third kappa shape index (κ3) is 2.76. The van der Waals surface area contributed by atoms with Gasteiger partial charge in [-0.15, -0.1) is 0 Å². The monoisotopic (exact) mass is 351 g/mol. The van der Waals surface area contributed by atoms with E-state index in [1.165, 1.54) is 0 Å². The summed E-state index contributed by atoms with van der Waals surface area (Å²) in [5, 5.41) is 13.4. The molecule has 0 fully saturated rings. The molecule has 1 amide bonds. The summed E-state index contributed by atoms with van der Waals surface area (Å²) in [5.74, 6) is 0.309. The van der Waals surface area contributed by atoms with Gasteiger partial charge in [0.15, 0.2) is 5.13 Å². The lowest BCUT2D eigenvalue weighted by atomic mass is 10.2. The average Bonchev–Trinajstić information content (AvgIpc) is 3.04. The standard InChI is InChI=1S/C13H10ClN5O3S/c1-6-16-9-4-8(14)7(3-10(9)18(6)2)12(20)17-13-15-5-11(23-13)19(21)22/h3-5H,1-2H3,(H,15,17,20). The van der Waals surface area contributed by atoms with Crippen LogP contribution in [-0.4, -0.2) is 25.4 Å². The molecule has 0 saturated heterocycles. The molecule has 0 atom stereocenters. The molecule has 0 saturated carbocycles. The summed E-state index contributed by atoms with van der Waals surface area (Å²) < 4.78 is 1.84. The van der Waals surface area contributed by atoms with Gasteiger partial charge >= 0.3 is 5.00 Å². The Kier molecular flexibility index (Phi) is 3.74. The third-order valence-corrected chi connectivity index (χ3v) is 4.51. The van der Waals surface area contributed by atoms with Crippen molar-refractivity contribution in [1.29, 1.82) is 0 Å². The summed E-state index contributed by atoms with van der Waals surface area (Å²) in [7, 11) is 1.84. The fraction of sp³-hybridized carbons (Fsp3) is 0.154. The van der Waals surface area contributed by atoms with Gasteiger partial charge in [0.05, 0.1) is 26.5 Å². The van der Waals surface area contributed by atoms with E-state index in [9.17, 15) is 14.9 Å². The van der Waals surface area contributed by atoms with Crippen LogP contribution in [-0.2, 0) is 7.05 Å². The van der Waals surface area contributed by atoms with Crippen molar-refractivity contribution in [2.75, 3.05) is 5.32 Å². The van der Waals surface area contributed by atoms with Crippen LogP contribution in [0.4, 0.5) is 10.1 Å². The molecule has 0 aliphatic carbocycles. The Bertz CT molecular complexity index is 949. The van der Waals surface area contributed by atoms with E-state index in [1.807, 2.05) is 18.5 Å². The first-order chi connectivity index (χ1) is 10.9. The predicted octanol–water partition coefficient (Wildman–Crippen LogP) is 3.15. The number of nitro groups is 1. The summed E-state index contributed by atoms with van der Waals surface area (Å²) >= 11 is 6.92. The van der Waals surface area contributed by atoms with Gasteiger partial charge in [0.25, 0.3) is 5.91 Å². The number of halogens is 1. The van der Waals surface area contributed by atoms with Gasteiger partial charge in [0.1, 0.15) is 12.0 Å². The Morgan fingerprint density at radius 2 is 2.22 bits per heavy atom. The minimum absolute atomic E-state index is 0.138. The van der Waals surface area contributed by atoms with Gasteiger partial charge in [0.2, 0.25) is 0 Å². The molecule has 0 aliphatic heterocycles. The Morgan fingerprint density at radius 3 is 2.87 bits per heavy atom. The number of aromatic nitrogens is 3. The molecule has 0 aliphatic rings. The largest absolute Gasteiger partial charge is 0.345 e. The number of anilines is 1. The number of hydrogen-bond acceptors (Lipinski definition) is 6. The van der Waals surface area contributed by atoms with Gasteiger partial charge < -0.3 is 4.57 Å². The number of amides is 1. The number of fused-ring (bicyclic) bond motifs is 1. The number of carbonyl (C=O) groups is 1. The van der Waals surface area contributed by atoms with E-state index in [-0.39, 0.29) is 20.7 Å². The Balaban J connectivity index is 1.94. The molecule has 2 heterocycles. The van der Waals surface area contributed by atoms with Crippen LogP contribution in [0.3, 0.4) is 0 Å². The summed E-state index contributed by atoms with van der Waals surface area (Å²) in [6.07, 6.45) is 1.09. The number of nitrogens with zero attached hydrogens (tertiary/aromatic N) is 4. The Morgan fingerprint density at radius 1 is 1.48 bits per heavy atom. The molecule has 1 N–H and O–H groups in total. The van der Waals surface area contributed by atoms with Gasteiger partial charge in [-0.1, -0.05) is 11.6 Å². The second-order valence-electron chi connectivity index (χ2n) is 4.75. The highest BCUT2D eigenvalue weighted by molar-refractivity contribution is 7.18. The molecule has 1 aromatic carbocycles. The van der Waals surface area contributed by atoms with Crippen LogP contribution in [0.2, 0.25) is 5.02 Å². The lowest BCUT2D eigenvalue weighted by Crippen LogP contribution is -2.12. The third-order valence-electron chi connectivity index (χ3n) is 3.33. The molecule has 0 unspecified atom stereocenters. The number of nitrogens with one attached hydrogen (secondary N) is 1. The smallest absolute Gasteiger partial charge is 0.331 e. The van der Waals surface area contributed by atoms with E-state index in [0.29, 0.717) is 5.52 Å². The fourth-order valence-corrected chi connectivity index (χ4v) is 2.95. The Labute approximate surface area is 138 Å². The zero-order valence-corrected chi connectivity index (χ0v) is 13.6. The number of hydrogen-bond donors (Lipinski definition) is 1. The summed E-state index contributed by atoms with van der Waals surface area (Å²) in [6.45, 7) is 1.85. The maximum atomic E-state index is 12.3. The summed E-state index contributed by atoms with van der Waals surface area (Å²) in [5.41, 5.74) is 1.71. The van der Waals surface area contributed by atoms with Crippen molar-refractivity contribution >= 4 is 50.0 Å². The van der Waals surface area contributed by atoms with Crippen LogP contribution >= 0.6 is 22.9 Å². The van der Waals surface area contributed by atoms with Crippen LogP contribution in [0.25, 0.3) is 11.0 Å². The molecule has 118 valence electrons. The van der Waals surface area contributed by atoms with Gasteiger partial charge in [-0.2, -0.15) is 0 Å². The normalized spacial score (nSPS) is 10.9. The zero-order chi connectivity index (χ0) is 16.7. The van der Waals surface area contributed by atoms with Crippen molar-refractivity contribution in [2.45, 2.75) is 6.92 Å². The van der Waals surface area contributed by atoms with Crippen LogP contribution < -0.4 is 5.32 Å². The first-order valence-corrected chi connectivity index (χ1v) is 7.60. The van der Waals surface area contributed by atoms with Crippen LogP contribution in [0.1, 0.15) is 16.2 Å². The van der Waals surface area contributed by atoms with Crippen molar-refractivity contribution in [3.05, 3.63) is 44.9 Å². The van der Waals surface area contributed by atoms with Crippen molar-refractivity contribution in [2.24, 2.45) is 7.05 Å². The average molecular weight is 352 g/mol. The highest BCUT2D eigenvalue weighted by Crippen LogP contribution is 2.28. The van der Waals surface area contributed by atoms with Crippen molar-refractivity contribution in [3.63, 3.8) is 0 Å². The van der Waals surface area contributed by atoms with E-state index in [4.69, 9.17) is 11.6 Å². The zero-order valence-electron chi connectivity index (χ0n) is 12.0. The molecule has 8 nitrogen and oxygen atoms in total. The van der Waals surface area contributed by atoms with E-state index < -0.39 is 10.8 Å². The van der Waals surface area contributed by atoms with Gasteiger partial charge in [-0.3, -0.25) is 20.2 Å². The van der Waals surface area contributed by atoms with Crippen molar-refractivity contribution in [3.8, 4) is 0 Å². The molecule has 10 heteroatoms. The first-order valence-electron chi connectivity index (χ1n) is 6.41. The number of benzene rings is 1. The van der Waals surface area contributed by atoms with Crippen LogP contribution in [0, 0.1) is 17.0 Å². The maximum absolute atomic E-state index is 12.3. The molecule has 0 bridgehead atoms.